The molecule has 0 unspecified atom stereocenters. The third kappa shape index (κ3) is 6.01. The van der Waals surface area contributed by atoms with Crippen molar-refractivity contribution in [3.8, 4) is 0 Å². The van der Waals surface area contributed by atoms with E-state index >= 15 is 0 Å². The summed E-state index contributed by atoms with van der Waals surface area (Å²) < 4.78 is 0. The van der Waals surface area contributed by atoms with E-state index in [0.717, 1.165) is 12.8 Å². The molecule has 0 heteroatoms. The Morgan fingerprint density at radius 3 is 1.00 bits per heavy atom. The summed E-state index contributed by atoms with van der Waals surface area (Å²) in [6, 6.07) is 0. The molecule has 72 valence electrons. The van der Waals surface area contributed by atoms with Crippen LogP contribution in [-0.4, -0.2) is 0 Å². The van der Waals surface area contributed by atoms with Crippen LogP contribution in [0.3, 0.4) is 0 Å². The highest BCUT2D eigenvalue weighted by Crippen LogP contribution is 1.94. The summed E-state index contributed by atoms with van der Waals surface area (Å²) in [7, 11) is 0. The van der Waals surface area contributed by atoms with Crippen molar-refractivity contribution in [1.82, 2.24) is 0 Å². The second kappa shape index (κ2) is 8.06. The first-order valence-electron chi connectivity index (χ1n) is 4.98. The predicted octanol–water partition coefficient (Wildman–Crippen LogP) is 4.12. The quantitative estimate of drug-likeness (QED) is 0.531. The molecule has 1 aliphatic carbocycles. The highest BCUT2D eigenvalue weighted by atomic mass is 13.8. The predicted molar refractivity (Wildman–Crippen MR) is 64.1 cm³/mol. The summed E-state index contributed by atoms with van der Waals surface area (Å²) in [6.45, 7) is 0. The summed E-state index contributed by atoms with van der Waals surface area (Å²) in [4.78, 5) is 0. The van der Waals surface area contributed by atoms with Crippen LogP contribution < -0.4 is 0 Å². The first-order chi connectivity index (χ1) is 7.00. The molecular weight excluding hydrogens is 168 g/mol. The van der Waals surface area contributed by atoms with Gasteiger partial charge in [-0.15, -0.1) is 0 Å². The Hall–Kier alpha value is -1.56. The number of hydrogen-bond acceptors (Lipinski definition) is 0. The van der Waals surface area contributed by atoms with E-state index in [-0.39, 0.29) is 0 Å². The van der Waals surface area contributed by atoms with Gasteiger partial charge in [0.05, 0.1) is 0 Å². The van der Waals surface area contributed by atoms with Gasteiger partial charge < -0.3 is 0 Å². The van der Waals surface area contributed by atoms with Crippen LogP contribution >= 0.6 is 0 Å². The van der Waals surface area contributed by atoms with Gasteiger partial charge in [0, 0.05) is 0 Å². The lowest BCUT2D eigenvalue weighted by Crippen LogP contribution is -1.63. The standard InChI is InChI=1S/C14H16/c1-2-4-6-8-10-12-14-13-11-9-7-5-3-1/h1-12H,13-14H2/b3-1+,4-2+,7-5-,8-6-,11-9+,12-10+. The van der Waals surface area contributed by atoms with Crippen LogP contribution in [0.4, 0.5) is 0 Å². The van der Waals surface area contributed by atoms with E-state index in [0.29, 0.717) is 0 Å². The third-order valence-corrected chi connectivity index (χ3v) is 1.77. The molecule has 0 radical (unpaired) electrons. The van der Waals surface area contributed by atoms with Gasteiger partial charge in [0.1, 0.15) is 0 Å². The van der Waals surface area contributed by atoms with Gasteiger partial charge >= 0.3 is 0 Å². The van der Waals surface area contributed by atoms with E-state index in [4.69, 9.17) is 0 Å². The Bertz CT molecular complexity index is 264. The van der Waals surface area contributed by atoms with Gasteiger partial charge in [0.2, 0.25) is 0 Å². The van der Waals surface area contributed by atoms with Crippen molar-refractivity contribution in [3.05, 3.63) is 72.9 Å². The molecule has 0 amide bonds. The smallest absolute Gasteiger partial charge is 0.0313 e. The van der Waals surface area contributed by atoms with E-state index in [1.807, 2.05) is 36.5 Å². The zero-order chi connectivity index (χ0) is 9.90. The Morgan fingerprint density at radius 1 is 0.357 bits per heavy atom. The monoisotopic (exact) mass is 184 g/mol. The molecule has 0 saturated heterocycles. The lowest BCUT2D eigenvalue weighted by Gasteiger charge is -1.84. The van der Waals surface area contributed by atoms with E-state index < -0.39 is 0 Å². The van der Waals surface area contributed by atoms with Gasteiger partial charge in [0.25, 0.3) is 0 Å². The van der Waals surface area contributed by atoms with Gasteiger partial charge in [0.15, 0.2) is 0 Å². The Kier molecular flexibility index (Phi) is 6.05. The highest BCUT2D eigenvalue weighted by Gasteiger charge is 1.74. The number of rotatable bonds is 0. The molecule has 1 rings (SSSR count). The summed E-state index contributed by atoms with van der Waals surface area (Å²) in [5, 5.41) is 0. The van der Waals surface area contributed by atoms with Crippen LogP contribution in [0.25, 0.3) is 0 Å². The lowest BCUT2D eigenvalue weighted by atomic mass is 10.2. The lowest BCUT2D eigenvalue weighted by molar-refractivity contribution is 1.05. The van der Waals surface area contributed by atoms with Crippen molar-refractivity contribution >= 4 is 0 Å². The second-order valence-corrected chi connectivity index (χ2v) is 2.97. The summed E-state index contributed by atoms with van der Waals surface area (Å²) in [6.07, 6.45) is 27.0. The Balaban J connectivity index is 2.56. The highest BCUT2D eigenvalue weighted by molar-refractivity contribution is 5.19. The SMILES string of the molecule is C1=C\C=C\CC\C=C\C=C/C=C/C=C/1. The maximum absolute atomic E-state index is 2.18. The Labute approximate surface area is 86.3 Å². The zero-order valence-corrected chi connectivity index (χ0v) is 8.34. The van der Waals surface area contributed by atoms with E-state index in [9.17, 15) is 0 Å². The fourth-order valence-corrected chi connectivity index (χ4v) is 1.06. The molecule has 0 aliphatic heterocycles. The van der Waals surface area contributed by atoms with Crippen molar-refractivity contribution in [1.29, 1.82) is 0 Å². The van der Waals surface area contributed by atoms with Gasteiger partial charge in [-0.2, -0.15) is 0 Å². The van der Waals surface area contributed by atoms with Crippen molar-refractivity contribution in [2.24, 2.45) is 0 Å². The molecule has 0 spiro atoms. The third-order valence-electron chi connectivity index (χ3n) is 1.77. The number of hydrogen-bond donors (Lipinski definition) is 0. The van der Waals surface area contributed by atoms with Gasteiger partial charge in [-0.05, 0) is 12.8 Å². The van der Waals surface area contributed by atoms with E-state index in [1.165, 1.54) is 0 Å². The van der Waals surface area contributed by atoms with Crippen LogP contribution in [-0.2, 0) is 0 Å². The fraction of sp³-hybridized carbons (Fsp3) is 0.143. The minimum absolute atomic E-state index is 1.11. The molecule has 0 aromatic heterocycles. The van der Waals surface area contributed by atoms with Crippen molar-refractivity contribution in [3.63, 3.8) is 0 Å². The molecular formula is C14H16. The zero-order valence-electron chi connectivity index (χ0n) is 8.34. The molecule has 0 nitrogen and oxygen atoms in total. The Morgan fingerprint density at radius 2 is 0.643 bits per heavy atom. The maximum Gasteiger partial charge on any atom is -0.0313 e. The minimum atomic E-state index is 1.11. The molecule has 0 aromatic rings. The normalized spacial score (nSPS) is 30.9. The van der Waals surface area contributed by atoms with Crippen LogP contribution in [0.1, 0.15) is 12.8 Å². The van der Waals surface area contributed by atoms with Gasteiger partial charge in [-0.3, -0.25) is 0 Å². The molecule has 0 bridgehead atoms. The molecule has 14 heavy (non-hydrogen) atoms. The summed E-state index contributed by atoms with van der Waals surface area (Å²) in [5.74, 6) is 0. The maximum atomic E-state index is 2.18. The molecule has 0 N–H and O–H groups in total. The molecule has 0 aromatic carbocycles. The topological polar surface area (TPSA) is 0 Å². The van der Waals surface area contributed by atoms with Crippen LogP contribution in [0.15, 0.2) is 72.9 Å². The van der Waals surface area contributed by atoms with Crippen LogP contribution in [0.5, 0.6) is 0 Å². The van der Waals surface area contributed by atoms with Gasteiger partial charge in [-0.1, -0.05) is 72.9 Å². The van der Waals surface area contributed by atoms with Gasteiger partial charge in [-0.25, -0.2) is 0 Å². The molecule has 0 fully saturated rings. The molecule has 0 atom stereocenters. The van der Waals surface area contributed by atoms with E-state index in [1.54, 1.807) is 0 Å². The van der Waals surface area contributed by atoms with Crippen molar-refractivity contribution in [2.45, 2.75) is 12.8 Å². The fourth-order valence-electron chi connectivity index (χ4n) is 1.06. The first-order valence-corrected chi connectivity index (χ1v) is 4.98. The summed E-state index contributed by atoms with van der Waals surface area (Å²) >= 11 is 0. The number of allylic oxidation sites excluding steroid dienone is 12. The van der Waals surface area contributed by atoms with Crippen LogP contribution in [0, 0.1) is 0 Å². The average Bonchev–Trinajstić information content (AvgIpc) is 2.22. The van der Waals surface area contributed by atoms with Crippen LogP contribution in [0.2, 0.25) is 0 Å². The molecule has 0 saturated carbocycles. The first kappa shape index (κ1) is 10.5. The summed E-state index contributed by atoms with van der Waals surface area (Å²) in [5.41, 5.74) is 0. The minimum Gasteiger partial charge on any atom is -0.0842 e. The molecule has 0 heterocycles. The van der Waals surface area contributed by atoms with E-state index in [2.05, 4.69) is 36.5 Å². The average molecular weight is 184 g/mol. The second-order valence-electron chi connectivity index (χ2n) is 2.97. The molecule has 1 aliphatic rings. The largest absolute Gasteiger partial charge is 0.0842 e. The van der Waals surface area contributed by atoms with Crippen molar-refractivity contribution in [2.75, 3.05) is 0 Å². The van der Waals surface area contributed by atoms with Crippen molar-refractivity contribution < 1.29 is 0 Å².